The van der Waals surface area contributed by atoms with Crippen LogP contribution < -0.4 is 5.32 Å². The van der Waals surface area contributed by atoms with E-state index in [9.17, 15) is 9.59 Å². The van der Waals surface area contributed by atoms with Crippen LogP contribution in [0.3, 0.4) is 0 Å². The second kappa shape index (κ2) is 9.42. The van der Waals surface area contributed by atoms with Crippen LogP contribution in [0.4, 0.5) is 4.79 Å². The number of nitrogens with one attached hydrogen (secondary N) is 1. The molecule has 0 aliphatic carbocycles. The van der Waals surface area contributed by atoms with E-state index in [1.165, 1.54) is 0 Å². The van der Waals surface area contributed by atoms with E-state index < -0.39 is 12.1 Å². The summed E-state index contributed by atoms with van der Waals surface area (Å²) in [6.07, 6.45) is 1.64. The smallest absolute Gasteiger partial charge is 0.408 e. The fraction of sp³-hybridized carbons (Fsp3) is 0.579. The van der Waals surface area contributed by atoms with Gasteiger partial charge in [0.05, 0.1) is 0 Å². The van der Waals surface area contributed by atoms with Gasteiger partial charge in [0.25, 0.3) is 5.91 Å². The standard InChI is InChI=1S/C19H29N3O3/c1-4-22(21-12-8-9-13-21)18(23)17(15(2)3)20-19(24)25-14-16-10-6-5-7-11-16/h5-7,10-11,15,17H,4,8-9,12-14H2,1-3H3,(H,20,24). The van der Waals surface area contributed by atoms with Gasteiger partial charge in [0.1, 0.15) is 12.6 Å². The molecule has 1 aromatic carbocycles. The lowest BCUT2D eigenvalue weighted by Gasteiger charge is -2.34. The molecule has 2 amide bonds. The maximum Gasteiger partial charge on any atom is 0.408 e. The average Bonchev–Trinajstić information content (AvgIpc) is 3.13. The Hall–Kier alpha value is -2.08. The number of benzene rings is 1. The summed E-state index contributed by atoms with van der Waals surface area (Å²) < 4.78 is 5.26. The number of amides is 2. The van der Waals surface area contributed by atoms with Crippen molar-refractivity contribution in [3.63, 3.8) is 0 Å². The van der Waals surface area contributed by atoms with Crippen LogP contribution in [0.1, 0.15) is 39.2 Å². The molecule has 1 aliphatic rings. The molecule has 6 heteroatoms. The van der Waals surface area contributed by atoms with Crippen LogP contribution in [0.5, 0.6) is 0 Å². The number of carbonyl (C=O) groups is 2. The van der Waals surface area contributed by atoms with Crippen LogP contribution in [0.15, 0.2) is 30.3 Å². The first-order valence-electron chi connectivity index (χ1n) is 9.06. The normalized spacial score (nSPS) is 15.8. The first kappa shape index (κ1) is 19.2. The van der Waals surface area contributed by atoms with E-state index in [0.29, 0.717) is 6.54 Å². The van der Waals surface area contributed by atoms with Crippen molar-refractivity contribution in [3.05, 3.63) is 35.9 Å². The Labute approximate surface area is 150 Å². The zero-order valence-corrected chi connectivity index (χ0v) is 15.4. The zero-order chi connectivity index (χ0) is 18.2. The van der Waals surface area contributed by atoms with Gasteiger partial charge >= 0.3 is 6.09 Å². The van der Waals surface area contributed by atoms with Crippen LogP contribution in [0, 0.1) is 5.92 Å². The van der Waals surface area contributed by atoms with Gasteiger partial charge in [-0.2, -0.15) is 0 Å². The van der Waals surface area contributed by atoms with Crippen molar-refractivity contribution < 1.29 is 14.3 Å². The van der Waals surface area contributed by atoms with E-state index in [0.717, 1.165) is 31.5 Å². The van der Waals surface area contributed by atoms with Crippen LogP contribution in [-0.2, 0) is 16.1 Å². The van der Waals surface area contributed by atoms with Crippen molar-refractivity contribution in [2.24, 2.45) is 5.92 Å². The Bertz CT molecular complexity index is 556. The van der Waals surface area contributed by atoms with E-state index in [2.05, 4.69) is 10.3 Å². The molecule has 0 radical (unpaired) electrons. The Morgan fingerprint density at radius 1 is 1.20 bits per heavy atom. The lowest BCUT2D eigenvalue weighted by atomic mass is 10.0. The summed E-state index contributed by atoms with van der Waals surface area (Å²) in [6.45, 7) is 8.39. The maximum absolute atomic E-state index is 12.9. The molecular formula is C19H29N3O3. The SMILES string of the molecule is CCN(C(=O)C(NC(=O)OCc1ccccc1)C(C)C)N1CCCC1. The number of carbonyl (C=O) groups excluding carboxylic acids is 2. The lowest BCUT2D eigenvalue weighted by Crippen LogP contribution is -2.55. The summed E-state index contributed by atoms with van der Waals surface area (Å²) in [4.78, 5) is 25.1. The highest BCUT2D eigenvalue weighted by Gasteiger charge is 2.32. The fourth-order valence-electron chi connectivity index (χ4n) is 3.00. The van der Waals surface area contributed by atoms with Gasteiger partial charge in [-0.15, -0.1) is 0 Å². The zero-order valence-electron chi connectivity index (χ0n) is 15.4. The maximum atomic E-state index is 12.9. The number of ether oxygens (including phenoxy) is 1. The fourth-order valence-corrected chi connectivity index (χ4v) is 3.00. The van der Waals surface area contributed by atoms with Crippen LogP contribution >= 0.6 is 0 Å². The predicted octanol–water partition coefficient (Wildman–Crippen LogP) is 2.80. The van der Waals surface area contributed by atoms with Crippen molar-refractivity contribution in [3.8, 4) is 0 Å². The van der Waals surface area contributed by atoms with Gasteiger partial charge < -0.3 is 10.1 Å². The first-order chi connectivity index (χ1) is 12.0. The van der Waals surface area contributed by atoms with Crippen molar-refractivity contribution in [1.82, 2.24) is 15.3 Å². The third-order valence-corrected chi connectivity index (χ3v) is 4.40. The topological polar surface area (TPSA) is 61.9 Å². The second-order valence-electron chi connectivity index (χ2n) is 6.64. The number of hydrogen-bond donors (Lipinski definition) is 1. The Kier molecular flexibility index (Phi) is 7.25. The number of hydrogen-bond acceptors (Lipinski definition) is 4. The molecule has 25 heavy (non-hydrogen) atoms. The van der Waals surface area contributed by atoms with Gasteiger partial charge in [-0.05, 0) is 31.2 Å². The number of hydrazine groups is 1. The van der Waals surface area contributed by atoms with Crippen molar-refractivity contribution in [2.75, 3.05) is 19.6 Å². The van der Waals surface area contributed by atoms with Gasteiger partial charge in [0.15, 0.2) is 0 Å². The number of nitrogens with zero attached hydrogens (tertiary/aromatic N) is 2. The van der Waals surface area contributed by atoms with Gasteiger partial charge in [-0.3, -0.25) is 9.80 Å². The van der Waals surface area contributed by atoms with Crippen LogP contribution in [0.2, 0.25) is 0 Å². The molecule has 6 nitrogen and oxygen atoms in total. The predicted molar refractivity (Wildman–Crippen MR) is 96.6 cm³/mol. The minimum absolute atomic E-state index is 0.0200. The van der Waals surface area contributed by atoms with E-state index in [4.69, 9.17) is 4.74 Å². The van der Waals surface area contributed by atoms with Crippen molar-refractivity contribution >= 4 is 12.0 Å². The molecule has 2 rings (SSSR count). The number of alkyl carbamates (subject to hydrolysis) is 1. The van der Waals surface area contributed by atoms with Gasteiger partial charge in [0, 0.05) is 19.6 Å². The lowest BCUT2D eigenvalue weighted by molar-refractivity contribution is -0.150. The molecule has 0 spiro atoms. The molecule has 0 saturated carbocycles. The minimum Gasteiger partial charge on any atom is -0.445 e. The van der Waals surface area contributed by atoms with E-state index in [-0.39, 0.29) is 18.4 Å². The van der Waals surface area contributed by atoms with E-state index in [1.807, 2.05) is 51.1 Å². The molecule has 138 valence electrons. The van der Waals surface area contributed by atoms with Crippen molar-refractivity contribution in [2.45, 2.75) is 46.3 Å². The number of rotatable bonds is 7. The molecule has 1 saturated heterocycles. The molecule has 1 aliphatic heterocycles. The highest BCUT2D eigenvalue weighted by molar-refractivity contribution is 5.85. The third-order valence-electron chi connectivity index (χ3n) is 4.40. The highest BCUT2D eigenvalue weighted by atomic mass is 16.5. The van der Waals surface area contributed by atoms with Gasteiger partial charge in [0.2, 0.25) is 0 Å². The molecule has 1 unspecified atom stereocenters. The second-order valence-corrected chi connectivity index (χ2v) is 6.64. The summed E-state index contributed by atoms with van der Waals surface area (Å²) in [5.74, 6) is -0.0931. The molecule has 1 aromatic rings. The summed E-state index contributed by atoms with van der Waals surface area (Å²) in [7, 11) is 0. The molecule has 1 fully saturated rings. The number of likely N-dealkylation sites (N-methyl/N-ethyl adjacent to an activating group) is 1. The molecular weight excluding hydrogens is 318 g/mol. The Morgan fingerprint density at radius 3 is 2.40 bits per heavy atom. The summed E-state index contributed by atoms with van der Waals surface area (Å²) in [5, 5.41) is 6.58. The third kappa shape index (κ3) is 5.46. The summed E-state index contributed by atoms with van der Waals surface area (Å²) >= 11 is 0. The Balaban J connectivity index is 1.94. The monoisotopic (exact) mass is 347 g/mol. The molecule has 0 aromatic heterocycles. The Morgan fingerprint density at radius 2 is 1.84 bits per heavy atom. The highest BCUT2D eigenvalue weighted by Crippen LogP contribution is 2.15. The summed E-state index contributed by atoms with van der Waals surface area (Å²) in [6, 6.07) is 8.89. The van der Waals surface area contributed by atoms with Crippen molar-refractivity contribution in [1.29, 1.82) is 0 Å². The van der Waals surface area contributed by atoms with Gasteiger partial charge in [-0.25, -0.2) is 9.80 Å². The largest absolute Gasteiger partial charge is 0.445 e. The molecule has 1 heterocycles. The minimum atomic E-state index is -0.594. The van der Waals surface area contributed by atoms with E-state index in [1.54, 1.807) is 5.01 Å². The first-order valence-corrected chi connectivity index (χ1v) is 9.06. The van der Waals surface area contributed by atoms with Crippen LogP contribution in [-0.4, -0.2) is 47.7 Å². The summed E-state index contributed by atoms with van der Waals surface area (Å²) in [5.41, 5.74) is 0.914. The molecule has 0 bridgehead atoms. The average molecular weight is 347 g/mol. The quantitative estimate of drug-likeness (QED) is 0.824. The van der Waals surface area contributed by atoms with Crippen LogP contribution in [0.25, 0.3) is 0 Å². The van der Waals surface area contributed by atoms with Gasteiger partial charge in [-0.1, -0.05) is 44.2 Å². The van der Waals surface area contributed by atoms with E-state index >= 15 is 0 Å². The molecule has 1 atom stereocenters. The molecule has 1 N–H and O–H groups in total.